The smallest absolute Gasteiger partial charge is 0.411 e. The number of alkyl halides is 2. The molecule has 0 saturated heterocycles. The number of nitrogens with zero attached hydrogens (tertiary/aromatic N) is 2. The lowest BCUT2D eigenvalue weighted by Gasteiger charge is -2.11. The first-order valence-corrected chi connectivity index (χ1v) is 10.5. The number of amides is 1. The third kappa shape index (κ3) is 5.55. The summed E-state index contributed by atoms with van der Waals surface area (Å²) >= 11 is 0. The number of rotatable bonds is 6. The quantitative estimate of drug-likeness (QED) is 0.471. The van der Waals surface area contributed by atoms with Crippen molar-refractivity contribution in [2.45, 2.75) is 46.3 Å². The number of ether oxygens (including phenoxy) is 2. The third-order valence-electron chi connectivity index (χ3n) is 4.72. The van der Waals surface area contributed by atoms with Crippen LogP contribution in [0, 0.1) is 11.3 Å². The van der Waals surface area contributed by atoms with Gasteiger partial charge in [-0.15, -0.1) is 0 Å². The van der Waals surface area contributed by atoms with Crippen LogP contribution in [0.5, 0.6) is 5.75 Å². The third-order valence-corrected chi connectivity index (χ3v) is 4.72. The molecule has 0 bridgehead atoms. The minimum Gasteiger partial charge on any atom is -0.450 e. The van der Waals surface area contributed by atoms with Crippen molar-refractivity contribution in [3.8, 4) is 23.1 Å². The van der Waals surface area contributed by atoms with Crippen molar-refractivity contribution < 1.29 is 23.0 Å². The summed E-state index contributed by atoms with van der Waals surface area (Å²) in [6, 6.07) is 13.7. The summed E-state index contributed by atoms with van der Waals surface area (Å²) in [5, 5.41) is 13.0. The van der Waals surface area contributed by atoms with Gasteiger partial charge in [0.2, 0.25) is 0 Å². The fourth-order valence-corrected chi connectivity index (χ4v) is 3.24. The van der Waals surface area contributed by atoms with Crippen LogP contribution in [0.25, 0.3) is 22.2 Å². The first-order chi connectivity index (χ1) is 15.5. The lowest BCUT2D eigenvalue weighted by molar-refractivity contribution is -0.0497. The van der Waals surface area contributed by atoms with Gasteiger partial charge in [-0.1, -0.05) is 31.4 Å². The number of aromatic nitrogens is 1. The van der Waals surface area contributed by atoms with E-state index in [2.05, 4.69) is 16.1 Å². The summed E-state index contributed by atoms with van der Waals surface area (Å²) < 4.78 is 36.4. The van der Waals surface area contributed by atoms with Crippen molar-refractivity contribution >= 4 is 22.7 Å². The van der Waals surface area contributed by atoms with Gasteiger partial charge in [-0.25, -0.2) is 4.79 Å². The van der Waals surface area contributed by atoms with Crippen LogP contribution in [-0.2, 0) is 11.3 Å². The number of carbonyl (C=O) groups excluding carboxylic acids is 1. The number of fused-ring (bicyclic) bond motifs is 1. The molecule has 1 N–H and O–H groups in total. The van der Waals surface area contributed by atoms with Crippen molar-refractivity contribution in [2.75, 3.05) is 11.9 Å². The molecular weight excluding hydrogens is 416 g/mol. The van der Waals surface area contributed by atoms with Crippen LogP contribution >= 0.6 is 0 Å². The number of aryl methyl sites for hydroxylation is 1. The second kappa shape index (κ2) is 10.6. The van der Waals surface area contributed by atoms with Crippen LogP contribution in [-0.4, -0.2) is 23.9 Å². The predicted octanol–water partition coefficient (Wildman–Crippen LogP) is 6.54. The van der Waals surface area contributed by atoms with Gasteiger partial charge in [0.25, 0.3) is 0 Å². The van der Waals surface area contributed by atoms with Gasteiger partial charge in [-0.3, -0.25) is 5.32 Å². The summed E-state index contributed by atoms with van der Waals surface area (Å²) in [4.78, 5) is 11.5. The number of nitrogens with one attached hydrogen (secondary N) is 1. The Morgan fingerprint density at radius 2 is 1.84 bits per heavy atom. The normalized spacial score (nSPS) is 12.0. The summed E-state index contributed by atoms with van der Waals surface area (Å²) in [7, 11) is 0. The molecule has 2 aromatic carbocycles. The molecule has 1 aliphatic carbocycles. The molecule has 1 aromatic heterocycles. The first-order valence-electron chi connectivity index (χ1n) is 10.5. The molecule has 0 atom stereocenters. The van der Waals surface area contributed by atoms with Crippen LogP contribution in [0.1, 0.15) is 38.7 Å². The van der Waals surface area contributed by atoms with Crippen LogP contribution in [0.4, 0.5) is 19.3 Å². The molecule has 1 saturated carbocycles. The van der Waals surface area contributed by atoms with Crippen molar-refractivity contribution in [3.63, 3.8) is 0 Å². The van der Waals surface area contributed by atoms with Crippen molar-refractivity contribution in [1.29, 1.82) is 5.26 Å². The molecular formula is C24H25F2N3O3. The van der Waals surface area contributed by atoms with E-state index in [4.69, 9.17) is 4.74 Å². The molecule has 1 amide bonds. The maximum Gasteiger partial charge on any atom is 0.411 e. The molecule has 168 valence electrons. The summed E-state index contributed by atoms with van der Waals surface area (Å²) in [5.41, 5.74) is 3.05. The van der Waals surface area contributed by atoms with E-state index in [-0.39, 0.29) is 12.4 Å². The van der Waals surface area contributed by atoms with Gasteiger partial charge in [0.15, 0.2) is 0 Å². The van der Waals surface area contributed by atoms with E-state index in [1.807, 2.05) is 11.5 Å². The highest BCUT2D eigenvalue weighted by Crippen LogP contribution is 2.36. The lowest BCUT2D eigenvalue weighted by atomic mass is 10.1. The van der Waals surface area contributed by atoms with Crippen molar-refractivity contribution in [3.05, 3.63) is 48.0 Å². The number of carbonyl (C=O) groups is 1. The molecule has 0 aliphatic heterocycles. The molecule has 1 aliphatic rings. The number of anilines is 1. The molecule has 6 nitrogen and oxygen atoms in total. The lowest BCUT2D eigenvalue weighted by Crippen LogP contribution is -2.13. The van der Waals surface area contributed by atoms with Gasteiger partial charge < -0.3 is 14.0 Å². The maximum atomic E-state index is 12.6. The molecule has 4 rings (SSSR count). The minimum atomic E-state index is -2.92. The fraction of sp³-hybridized carbons (Fsp3) is 0.333. The van der Waals surface area contributed by atoms with Crippen LogP contribution in [0.3, 0.4) is 0 Å². The first kappa shape index (κ1) is 23.1. The largest absolute Gasteiger partial charge is 0.450 e. The highest BCUT2D eigenvalue weighted by atomic mass is 19.3. The molecule has 32 heavy (non-hydrogen) atoms. The second-order valence-corrected chi connectivity index (χ2v) is 7.12. The number of halogens is 2. The second-order valence-electron chi connectivity index (χ2n) is 7.12. The average molecular weight is 441 g/mol. The zero-order valence-electron chi connectivity index (χ0n) is 18.0. The standard InChI is InChI=1S/C21H19F2N3O3.C3H6/c1-3-26-18-11-15(29-20(22)23)9-10-16(18)17(12-24)19(26)13-5-7-14(8-6-13)25-21(27)28-4-2;1-2-3-1/h5-11,20H,3-4H2,1-2H3,(H,25,27);1-3H2. The Bertz CT molecular complexity index is 1110. The molecule has 0 spiro atoms. The topological polar surface area (TPSA) is 76.3 Å². The van der Waals surface area contributed by atoms with E-state index in [0.29, 0.717) is 34.4 Å². The van der Waals surface area contributed by atoms with Crippen LogP contribution < -0.4 is 10.1 Å². The van der Waals surface area contributed by atoms with Gasteiger partial charge >= 0.3 is 12.7 Å². The van der Waals surface area contributed by atoms with E-state index in [9.17, 15) is 18.8 Å². The summed E-state index contributed by atoms with van der Waals surface area (Å²) in [6.45, 7) is 1.49. The SMILES string of the molecule is C1CC1.CCOC(=O)Nc1ccc(-c2c(C#N)c3ccc(OC(F)F)cc3n2CC)cc1. The number of benzene rings is 2. The Morgan fingerprint density at radius 1 is 1.16 bits per heavy atom. The number of nitriles is 1. The average Bonchev–Trinajstić information content (AvgIpc) is 3.62. The Kier molecular flexibility index (Phi) is 7.66. The summed E-state index contributed by atoms with van der Waals surface area (Å²) in [5.74, 6) is 0.0322. The van der Waals surface area contributed by atoms with Crippen molar-refractivity contribution in [2.24, 2.45) is 0 Å². The van der Waals surface area contributed by atoms with Gasteiger partial charge in [-0.2, -0.15) is 14.0 Å². The minimum absolute atomic E-state index is 0.0322. The highest BCUT2D eigenvalue weighted by Gasteiger charge is 2.19. The molecule has 8 heteroatoms. The molecule has 0 unspecified atom stereocenters. The Balaban J connectivity index is 0.000000887. The molecule has 1 heterocycles. The van der Waals surface area contributed by atoms with E-state index >= 15 is 0 Å². The van der Waals surface area contributed by atoms with Crippen LogP contribution in [0.15, 0.2) is 42.5 Å². The van der Waals surface area contributed by atoms with Gasteiger partial charge in [0.05, 0.1) is 23.4 Å². The molecule has 1 fully saturated rings. The fourth-order valence-electron chi connectivity index (χ4n) is 3.24. The zero-order chi connectivity index (χ0) is 23.1. The van der Waals surface area contributed by atoms with Gasteiger partial charge in [0, 0.05) is 23.7 Å². The van der Waals surface area contributed by atoms with E-state index < -0.39 is 12.7 Å². The van der Waals surface area contributed by atoms with Gasteiger partial charge in [-0.05, 0) is 43.7 Å². The highest BCUT2D eigenvalue weighted by molar-refractivity contribution is 5.95. The molecule has 3 aromatic rings. The van der Waals surface area contributed by atoms with Crippen LogP contribution in [0.2, 0.25) is 0 Å². The summed E-state index contributed by atoms with van der Waals surface area (Å²) in [6.07, 6.45) is 3.95. The Morgan fingerprint density at radius 3 is 2.38 bits per heavy atom. The maximum absolute atomic E-state index is 12.6. The zero-order valence-corrected chi connectivity index (χ0v) is 18.0. The Hall–Kier alpha value is -3.60. The van der Waals surface area contributed by atoms with E-state index in [1.54, 1.807) is 37.3 Å². The Labute approximate surface area is 185 Å². The number of hydrogen-bond donors (Lipinski definition) is 1. The number of hydrogen-bond acceptors (Lipinski definition) is 4. The molecule has 0 radical (unpaired) electrons. The van der Waals surface area contributed by atoms with Crippen molar-refractivity contribution in [1.82, 2.24) is 4.57 Å². The monoisotopic (exact) mass is 441 g/mol. The predicted molar refractivity (Wildman–Crippen MR) is 119 cm³/mol. The van der Waals surface area contributed by atoms with E-state index in [1.165, 1.54) is 31.4 Å². The van der Waals surface area contributed by atoms with Gasteiger partial charge in [0.1, 0.15) is 11.8 Å². The van der Waals surface area contributed by atoms with E-state index in [0.717, 1.165) is 5.56 Å².